The van der Waals surface area contributed by atoms with Crippen molar-refractivity contribution in [2.24, 2.45) is 0 Å². The average molecular weight is 1120 g/mol. The molecule has 1 heterocycles. The molecule has 1 saturated heterocycles. The number of carbonyl (C=O) groups excluding carboxylic acids is 1. The van der Waals surface area contributed by atoms with Gasteiger partial charge in [0.25, 0.3) is 0 Å². The summed E-state index contributed by atoms with van der Waals surface area (Å²) < 4.78 is 11.4. The zero-order valence-corrected chi connectivity index (χ0v) is 52.7. The number of rotatable bonds is 63. The standard InChI is InChI=1S/C70H137NO8/c1-3-5-7-9-11-13-15-17-19-21-23-24-25-26-27-28-29-30-31-32-33-34-35-36-37-38-39-40-42-44-46-48-50-52-54-56-58-60-66(74)71-63(62-78-70-69(77)68(76)67(75)65(61-72)79-70)64(73)59-57-55-53-51-49-47-45-43-41-22-20-18-16-14-12-10-8-6-4-2/h21,23,63-65,67-70,72-73,75-77H,3-20,22,24-62H2,1-2H3,(H,71,74)/b23-21-. The SMILES string of the molecule is CCCCCCCCCC/C=C\CCCCCCCCCCCCCCCCCCCCCCCCCCCC(=O)NC(COC1OC(CO)C(O)C(O)C1O)C(O)CCCCCCCCCCCCCCCCCCCCC. The molecule has 470 valence electrons. The van der Waals surface area contributed by atoms with Crippen LogP contribution in [0.5, 0.6) is 0 Å². The van der Waals surface area contributed by atoms with Crippen molar-refractivity contribution in [2.45, 2.75) is 416 Å². The van der Waals surface area contributed by atoms with Crippen LogP contribution in [0.4, 0.5) is 0 Å². The fraction of sp³-hybridized carbons (Fsp3) is 0.957. The predicted octanol–water partition coefficient (Wildman–Crippen LogP) is 19.1. The van der Waals surface area contributed by atoms with Gasteiger partial charge in [0, 0.05) is 6.42 Å². The number of hydrogen-bond donors (Lipinski definition) is 6. The van der Waals surface area contributed by atoms with E-state index in [2.05, 4.69) is 31.3 Å². The number of allylic oxidation sites excluding steroid dienone is 2. The van der Waals surface area contributed by atoms with Crippen molar-refractivity contribution in [3.63, 3.8) is 0 Å². The molecule has 9 nitrogen and oxygen atoms in total. The number of nitrogens with one attached hydrogen (secondary N) is 1. The molecule has 9 heteroatoms. The van der Waals surface area contributed by atoms with Crippen molar-refractivity contribution in [1.82, 2.24) is 5.32 Å². The molecule has 0 bridgehead atoms. The molecule has 0 saturated carbocycles. The van der Waals surface area contributed by atoms with Gasteiger partial charge in [-0.2, -0.15) is 0 Å². The zero-order chi connectivity index (χ0) is 57.2. The van der Waals surface area contributed by atoms with Gasteiger partial charge >= 0.3 is 0 Å². The normalized spacial score (nSPS) is 18.5. The molecule has 0 aliphatic carbocycles. The number of unbranched alkanes of at least 4 members (excludes halogenated alkanes) is 51. The largest absolute Gasteiger partial charge is 0.394 e. The molecule has 1 amide bonds. The molecule has 7 unspecified atom stereocenters. The molecule has 79 heavy (non-hydrogen) atoms. The summed E-state index contributed by atoms with van der Waals surface area (Å²) in [4.78, 5) is 13.1. The van der Waals surface area contributed by atoms with Crippen LogP contribution in [0.2, 0.25) is 0 Å². The number of aliphatic hydroxyl groups excluding tert-OH is 5. The van der Waals surface area contributed by atoms with E-state index < -0.39 is 49.5 Å². The minimum atomic E-state index is -1.55. The van der Waals surface area contributed by atoms with Crippen LogP contribution < -0.4 is 5.32 Å². The van der Waals surface area contributed by atoms with E-state index in [1.54, 1.807) is 0 Å². The Morgan fingerprint density at radius 1 is 0.418 bits per heavy atom. The molecule has 0 aromatic carbocycles. The van der Waals surface area contributed by atoms with Crippen LogP contribution in [0.3, 0.4) is 0 Å². The smallest absolute Gasteiger partial charge is 0.220 e. The monoisotopic (exact) mass is 1120 g/mol. The van der Waals surface area contributed by atoms with Crippen LogP contribution in [-0.4, -0.2) is 87.5 Å². The van der Waals surface area contributed by atoms with Gasteiger partial charge in [-0.3, -0.25) is 4.79 Å². The fourth-order valence-electron chi connectivity index (χ4n) is 11.8. The Morgan fingerprint density at radius 2 is 0.709 bits per heavy atom. The highest BCUT2D eigenvalue weighted by Crippen LogP contribution is 2.24. The Kier molecular flexibility index (Phi) is 57.7. The van der Waals surface area contributed by atoms with Crippen LogP contribution in [0, 0.1) is 0 Å². The molecule has 1 rings (SSSR count). The maximum atomic E-state index is 13.1. The molecule has 0 aromatic rings. The maximum Gasteiger partial charge on any atom is 0.220 e. The van der Waals surface area contributed by atoms with Gasteiger partial charge in [-0.15, -0.1) is 0 Å². The van der Waals surface area contributed by atoms with Gasteiger partial charge in [0.05, 0.1) is 25.4 Å². The topological polar surface area (TPSA) is 149 Å². The van der Waals surface area contributed by atoms with Crippen molar-refractivity contribution >= 4 is 5.91 Å². The first kappa shape index (κ1) is 75.9. The third-order valence-corrected chi connectivity index (χ3v) is 17.4. The zero-order valence-electron chi connectivity index (χ0n) is 52.7. The van der Waals surface area contributed by atoms with E-state index in [9.17, 15) is 30.3 Å². The highest BCUT2D eigenvalue weighted by atomic mass is 16.7. The van der Waals surface area contributed by atoms with Gasteiger partial charge in [-0.1, -0.05) is 341 Å². The molecule has 6 N–H and O–H groups in total. The lowest BCUT2D eigenvalue weighted by molar-refractivity contribution is -0.302. The summed E-state index contributed by atoms with van der Waals surface area (Å²) in [5.41, 5.74) is 0. The Bertz CT molecular complexity index is 1250. The van der Waals surface area contributed by atoms with E-state index >= 15 is 0 Å². The Morgan fingerprint density at radius 3 is 1.03 bits per heavy atom. The van der Waals surface area contributed by atoms with Crippen LogP contribution in [0.1, 0.15) is 373 Å². The van der Waals surface area contributed by atoms with E-state index in [0.717, 1.165) is 38.5 Å². The minimum Gasteiger partial charge on any atom is -0.394 e. The van der Waals surface area contributed by atoms with Gasteiger partial charge in [0.1, 0.15) is 24.4 Å². The molecule has 1 aliphatic rings. The summed E-state index contributed by atoms with van der Waals surface area (Å²) in [6, 6.07) is -0.716. The molecular weight excluding hydrogens is 983 g/mol. The van der Waals surface area contributed by atoms with Gasteiger partial charge in [0.15, 0.2) is 6.29 Å². The average Bonchev–Trinajstić information content (AvgIpc) is 3.46. The Balaban J connectivity index is 2.04. The summed E-state index contributed by atoms with van der Waals surface area (Å²) >= 11 is 0. The molecular formula is C70H137NO8. The Labute approximate surface area is 490 Å². The van der Waals surface area contributed by atoms with Gasteiger partial charge < -0.3 is 40.3 Å². The second-order valence-electron chi connectivity index (χ2n) is 25.0. The van der Waals surface area contributed by atoms with Crippen molar-refractivity contribution in [3.8, 4) is 0 Å². The highest BCUT2D eigenvalue weighted by Gasteiger charge is 2.44. The van der Waals surface area contributed by atoms with Gasteiger partial charge in [-0.25, -0.2) is 0 Å². The lowest BCUT2D eigenvalue weighted by Crippen LogP contribution is -2.60. The first-order chi connectivity index (χ1) is 38.8. The Hall–Kier alpha value is -1.07. The number of hydrogen-bond acceptors (Lipinski definition) is 8. The predicted molar refractivity (Wildman–Crippen MR) is 337 cm³/mol. The van der Waals surface area contributed by atoms with Crippen LogP contribution in [0.15, 0.2) is 12.2 Å². The molecule has 0 aromatic heterocycles. The van der Waals surface area contributed by atoms with E-state index in [1.165, 1.54) is 308 Å². The summed E-state index contributed by atoms with van der Waals surface area (Å²) in [7, 11) is 0. The van der Waals surface area contributed by atoms with Crippen molar-refractivity contribution in [3.05, 3.63) is 12.2 Å². The number of amides is 1. The van der Waals surface area contributed by atoms with Crippen LogP contribution >= 0.6 is 0 Å². The third-order valence-electron chi connectivity index (χ3n) is 17.4. The van der Waals surface area contributed by atoms with Gasteiger partial charge in [0.2, 0.25) is 5.91 Å². The number of aliphatic hydroxyl groups is 5. The molecule has 0 radical (unpaired) electrons. The van der Waals surface area contributed by atoms with Crippen molar-refractivity contribution in [1.29, 1.82) is 0 Å². The van der Waals surface area contributed by atoms with Gasteiger partial charge in [-0.05, 0) is 38.5 Å². The lowest BCUT2D eigenvalue weighted by atomic mass is 9.99. The summed E-state index contributed by atoms with van der Waals surface area (Å²) in [6.45, 7) is 3.89. The quantitative estimate of drug-likeness (QED) is 0.0261. The van der Waals surface area contributed by atoms with Crippen LogP contribution in [0.25, 0.3) is 0 Å². The molecule has 0 spiro atoms. The lowest BCUT2D eigenvalue weighted by Gasteiger charge is -2.40. The van der Waals surface area contributed by atoms with E-state index in [4.69, 9.17) is 9.47 Å². The number of carbonyl (C=O) groups is 1. The van der Waals surface area contributed by atoms with Crippen molar-refractivity contribution < 1.29 is 39.8 Å². The summed E-state index contributed by atoms with van der Waals surface area (Å²) in [5.74, 6) is -0.135. The molecule has 7 atom stereocenters. The first-order valence-electron chi connectivity index (χ1n) is 35.4. The molecule has 1 fully saturated rings. The summed E-state index contributed by atoms with van der Waals surface area (Å²) in [5, 5.41) is 54.9. The second kappa shape index (κ2) is 60.1. The van der Waals surface area contributed by atoms with E-state index in [-0.39, 0.29) is 12.5 Å². The molecule has 1 aliphatic heterocycles. The summed E-state index contributed by atoms with van der Waals surface area (Å²) in [6.07, 6.45) is 70.1. The van der Waals surface area contributed by atoms with E-state index in [1.807, 2.05) is 0 Å². The highest BCUT2D eigenvalue weighted by molar-refractivity contribution is 5.76. The van der Waals surface area contributed by atoms with Crippen LogP contribution in [-0.2, 0) is 14.3 Å². The first-order valence-corrected chi connectivity index (χ1v) is 35.4. The number of ether oxygens (including phenoxy) is 2. The minimum absolute atomic E-state index is 0.131. The van der Waals surface area contributed by atoms with Crippen molar-refractivity contribution in [2.75, 3.05) is 13.2 Å². The second-order valence-corrected chi connectivity index (χ2v) is 25.0. The van der Waals surface area contributed by atoms with E-state index in [0.29, 0.717) is 12.8 Å². The fourth-order valence-corrected chi connectivity index (χ4v) is 11.8. The maximum absolute atomic E-state index is 13.1. The third kappa shape index (κ3) is 49.0.